The minimum atomic E-state index is 0.396. The van der Waals surface area contributed by atoms with Gasteiger partial charge < -0.3 is 4.74 Å². The highest BCUT2D eigenvalue weighted by atomic mass is 35.5. The van der Waals surface area contributed by atoms with Crippen molar-refractivity contribution in [1.29, 1.82) is 0 Å². The molecule has 0 saturated heterocycles. The summed E-state index contributed by atoms with van der Waals surface area (Å²) in [5.41, 5.74) is 1.63. The van der Waals surface area contributed by atoms with Crippen LogP contribution in [0.1, 0.15) is 5.69 Å². The molecule has 2 aromatic heterocycles. The highest BCUT2D eigenvalue weighted by Gasteiger charge is 2.12. The van der Waals surface area contributed by atoms with E-state index in [4.69, 9.17) is 16.3 Å². The lowest BCUT2D eigenvalue weighted by molar-refractivity contribution is 0.419. The van der Waals surface area contributed by atoms with Crippen molar-refractivity contribution in [3.8, 4) is 5.75 Å². The molecular formula is C9H10ClN3O. The largest absolute Gasteiger partial charge is 0.496 e. The molecule has 74 valence electrons. The minimum absolute atomic E-state index is 0.396. The Labute approximate surface area is 86.5 Å². The highest BCUT2D eigenvalue weighted by Crippen LogP contribution is 2.28. The van der Waals surface area contributed by atoms with Gasteiger partial charge in [0.2, 0.25) is 0 Å². The summed E-state index contributed by atoms with van der Waals surface area (Å²) in [6.07, 6.45) is 0. The number of nitrogens with zero attached hydrogens (tertiary/aromatic N) is 3. The first kappa shape index (κ1) is 9.27. The molecule has 0 aromatic carbocycles. The van der Waals surface area contributed by atoms with Crippen molar-refractivity contribution in [1.82, 2.24) is 14.8 Å². The Morgan fingerprint density at radius 3 is 2.86 bits per heavy atom. The molecule has 2 aromatic rings. The van der Waals surface area contributed by atoms with Crippen LogP contribution in [-0.2, 0) is 7.05 Å². The van der Waals surface area contributed by atoms with Gasteiger partial charge in [0, 0.05) is 18.8 Å². The third-order valence-electron chi connectivity index (χ3n) is 2.24. The normalized spacial score (nSPS) is 10.9. The topological polar surface area (TPSA) is 39.9 Å². The van der Waals surface area contributed by atoms with Crippen molar-refractivity contribution in [2.24, 2.45) is 7.05 Å². The quantitative estimate of drug-likeness (QED) is 0.677. The smallest absolute Gasteiger partial charge is 0.186 e. The standard InChI is InChI=1S/C9H10ClN3O/c1-5-8-6(14-3)4-7(10)11-9(8)12-13(5)2/h4H,1-3H3. The maximum atomic E-state index is 5.82. The summed E-state index contributed by atoms with van der Waals surface area (Å²) in [6, 6.07) is 1.69. The molecule has 4 nitrogen and oxygen atoms in total. The zero-order chi connectivity index (χ0) is 10.3. The van der Waals surface area contributed by atoms with Gasteiger partial charge in [-0.1, -0.05) is 11.6 Å². The first-order chi connectivity index (χ1) is 6.63. The van der Waals surface area contributed by atoms with Crippen LogP contribution in [0.5, 0.6) is 5.75 Å². The summed E-state index contributed by atoms with van der Waals surface area (Å²) >= 11 is 5.82. The van der Waals surface area contributed by atoms with Gasteiger partial charge in [-0.2, -0.15) is 5.10 Å². The third-order valence-corrected chi connectivity index (χ3v) is 2.44. The summed E-state index contributed by atoms with van der Waals surface area (Å²) < 4.78 is 6.99. The van der Waals surface area contributed by atoms with Gasteiger partial charge in [-0.05, 0) is 6.92 Å². The second-order valence-corrected chi connectivity index (χ2v) is 3.44. The maximum Gasteiger partial charge on any atom is 0.186 e. The first-order valence-electron chi connectivity index (χ1n) is 4.17. The zero-order valence-electron chi connectivity index (χ0n) is 8.21. The molecular weight excluding hydrogens is 202 g/mol. The van der Waals surface area contributed by atoms with Gasteiger partial charge in [0.1, 0.15) is 10.9 Å². The van der Waals surface area contributed by atoms with Crippen LogP contribution in [0.15, 0.2) is 6.07 Å². The second-order valence-electron chi connectivity index (χ2n) is 3.05. The second kappa shape index (κ2) is 3.13. The number of ether oxygens (including phenoxy) is 1. The van der Waals surface area contributed by atoms with Crippen molar-refractivity contribution in [2.45, 2.75) is 6.92 Å². The lowest BCUT2D eigenvalue weighted by atomic mass is 10.2. The summed E-state index contributed by atoms with van der Waals surface area (Å²) in [5.74, 6) is 0.714. The highest BCUT2D eigenvalue weighted by molar-refractivity contribution is 6.30. The molecule has 2 heterocycles. The predicted molar refractivity (Wildman–Crippen MR) is 54.8 cm³/mol. The van der Waals surface area contributed by atoms with Gasteiger partial charge in [0.15, 0.2) is 5.65 Å². The molecule has 0 amide bonds. The van der Waals surface area contributed by atoms with Crippen LogP contribution in [0, 0.1) is 6.92 Å². The molecule has 0 fully saturated rings. The van der Waals surface area contributed by atoms with Gasteiger partial charge in [-0.3, -0.25) is 4.68 Å². The number of fused-ring (bicyclic) bond motifs is 1. The third kappa shape index (κ3) is 1.23. The van der Waals surface area contributed by atoms with E-state index in [9.17, 15) is 0 Å². The van der Waals surface area contributed by atoms with Gasteiger partial charge >= 0.3 is 0 Å². The van der Waals surface area contributed by atoms with E-state index in [-0.39, 0.29) is 0 Å². The maximum absolute atomic E-state index is 5.82. The Bertz CT molecular complexity index is 492. The fraction of sp³-hybridized carbons (Fsp3) is 0.333. The molecule has 0 spiro atoms. The molecule has 0 aliphatic carbocycles. The molecule has 2 rings (SSSR count). The number of methoxy groups -OCH3 is 1. The average molecular weight is 212 g/mol. The van der Waals surface area contributed by atoms with E-state index in [1.54, 1.807) is 17.9 Å². The van der Waals surface area contributed by atoms with Crippen LogP contribution in [0.4, 0.5) is 0 Å². The van der Waals surface area contributed by atoms with Crippen molar-refractivity contribution in [2.75, 3.05) is 7.11 Å². The summed E-state index contributed by atoms with van der Waals surface area (Å²) in [4.78, 5) is 4.12. The lowest BCUT2D eigenvalue weighted by Crippen LogP contribution is -1.91. The number of pyridine rings is 1. The van der Waals surface area contributed by atoms with Crippen LogP contribution in [0.25, 0.3) is 11.0 Å². The zero-order valence-corrected chi connectivity index (χ0v) is 8.96. The molecule has 0 atom stereocenters. The fourth-order valence-corrected chi connectivity index (χ4v) is 1.61. The van der Waals surface area contributed by atoms with Crippen molar-refractivity contribution >= 4 is 22.6 Å². The van der Waals surface area contributed by atoms with E-state index in [0.717, 1.165) is 11.1 Å². The fourth-order valence-electron chi connectivity index (χ4n) is 1.43. The van der Waals surface area contributed by atoms with Gasteiger partial charge in [0.05, 0.1) is 12.5 Å². The van der Waals surface area contributed by atoms with Gasteiger partial charge in [0.25, 0.3) is 0 Å². The summed E-state index contributed by atoms with van der Waals surface area (Å²) in [6.45, 7) is 1.97. The average Bonchev–Trinajstić information content (AvgIpc) is 2.41. The number of aromatic nitrogens is 3. The Hall–Kier alpha value is -1.29. The SMILES string of the molecule is COc1cc(Cl)nc2nn(C)c(C)c12. The number of aryl methyl sites for hydroxylation is 2. The van der Waals surface area contributed by atoms with E-state index in [2.05, 4.69) is 10.1 Å². The van der Waals surface area contributed by atoms with Crippen LogP contribution in [0.2, 0.25) is 5.15 Å². The van der Waals surface area contributed by atoms with Gasteiger partial charge in [-0.15, -0.1) is 0 Å². The molecule has 0 saturated carbocycles. The van der Waals surface area contributed by atoms with Crippen LogP contribution >= 0.6 is 11.6 Å². The summed E-state index contributed by atoms with van der Waals surface area (Å²) in [5, 5.41) is 5.54. The van der Waals surface area contributed by atoms with E-state index >= 15 is 0 Å². The monoisotopic (exact) mass is 211 g/mol. The molecule has 0 aliphatic rings. The first-order valence-corrected chi connectivity index (χ1v) is 4.55. The van der Waals surface area contributed by atoms with Crippen LogP contribution < -0.4 is 4.74 Å². The van der Waals surface area contributed by atoms with Gasteiger partial charge in [-0.25, -0.2) is 4.98 Å². The lowest BCUT2D eigenvalue weighted by Gasteiger charge is -2.01. The number of rotatable bonds is 1. The minimum Gasteiger partial charge on any atom is -0.496 e. The molecule has 0 bridgehead atoms. The predicted octanol–water partition coefficient (Wildman–Crippen LogP) is 1.94. The van der Waals surface area contributed by atoms with Crippen molar-refractivity contribution < 1.29 is 4.74 Å². The molecule has 0 aliphatic heterocycles. The number of halogens is 1. The van der Waals surface area contributed by atoms with Crippen molar-refractivity contribution in [3.05, 3.63) is 16.9 Å². The number of hydrogen-bond donors (Lipinski definition) is 0. The van der Waals surface area contributed by atoms with E-state index in [1.165, 1.54) is 0 Å². The van der Waals surface area contributed by atoms with E-state index in [1.807, 2.05) is 14.0 Å². The Kier molecular flexibility index (Phi) is 2.07. The Morgan fingerprint density at radius 2 is 2.21 bits per heavy atom. The summed E-state index contributed by atoms with van der Waals surface area (Å²) in [7, 11) is 3.47. The van der Waals surface area contributed by atoms with Crippen molar-refractivity contribution in [3.63, 3.8) is 0 Å². The molecule has 0 unspecified atom stereocenters. The Balaban J connectivity index is 2.88. The molecule has 0 N–H and O–H groups in total. The Morgan fingerprint density at radius 1 is 1.50 bits per heavy atom. The van der Waals surface area contributed by atoms with Crippen LogP contribution in [0.3, 0.4) is 0 Å². The van der Waals surface area contributed by atoms with Crippen LogP contribution in [-0.4, -0.2) is 21.9 Å². The van der Waals surface area contributed by atoms with E-state index in [0.29, 0.717) is 16.5 Å². The number of hydrogen-bond acceptors (Lipinski definition) is 3. The molecule has 5 heteroatoms. The molecule has 0 radical (unpaired) electrons. The van der Waals surface area contributed by atoms with E-state index < -0.39 is 0 Å². The molecule has 14 heavy (non-hydrogen) atoms.